The van der Waals surface area contributed by atoms with Crippen molar-refractivity contribution in [2.45, 2.75) is 39.3 Å². The number of nitrogens with one attached hydrogen (secondary N) is 1. The molecule has 1 aliphatic rings. The summed E-state index contributed by atoms with van der Waals surface area (Å²) in [5, 5.41) is 3.52. The van der Waals surface area contributed by atoms with Crippen LogP contribution in [0.1, 0.15) is 27.7 Å². The highest BCUT2D eigenvalue weighted by Gasteiger charge is 2.31. The summed E-state index contributed by atoms with van der Waals surface area (Å²) in [6, 6.07) is 0.509. The average Bonchev–Trinajstić information content (AvgIpc) is 2.64. The Bertz CT molecular complexity index is 235. The van der Waals surface area contributed by atoms with Crippen LogP contribution in [0.25, 0.3) is 0 Å². The summed E-state index contributed by atoms with van der Waals surface area (Å²) in [6.45, 7) is 17.5. The zero-order valence-electron chi connectivity index (χ0n) is 11.8. The van der Waals surface area contributed by atoms with Crippen molar-refractivity contribution in [3.8, 4) is 0 Å². The molecule has 2 atom stereocenters. The number of likely N-dealkylation sites (N-methyl/N-ethyl adjacent to an activating group) is 1. The van der Waals surface area contributed by atoms with Crippen LogP contribution in [0.2, 0.25) is 0 Å². The Morgan fingerprint density at radius 3 is 2.65 bits per heavy atom. The van der Waals surface area contributed by atoms with Crippen LogP contribution in [0.5, 0.6) is 0 Å². The van der Waals surface area contributed by atoms with Gasteiger partial charge in [0.15, 0.2) is 0 Å². The molecule has 1 aliphatic heterocycles. The SMILES string of the molecule is C=CCN(CC1COCC1NCC)C(C)(C)C. The highest BCUT2D eigenvalue weighted by molar-refractivity contribution is 4.89. The van der Waals surface area contributed by atoms with E-state index >= 15 is 0 Å². The molecule has 1 saturated heterocycles. The summed E-state index contributed by atoms with van der Waals surface area (Å²) in [4.78, 5) is 2.48. The zero-order chi connectivity index (χ0) is 12.9. The third-order valence-corrected chi connectivity index (χ3v) is 3.42. The van der Waals surface area contributed by atoms with Crippen molar-refractivity contribution in [2.75, 3.05) is 32.8 Å². The van der Waals surface area contributed by atoms with Crippen molar-refractivity contribution < 1.29 is 4.74 Å². The maximum atomic E-state index is 5.60. The summed E-state index contributed by atoms with van der Waals surface area (Å²) in [5.41, 5.74) is 0.188. The molecule has 1 heterocycles. The Morgan fingerprint density at radius 2 is 2.12 bits per heavy atom. The third kappa shape index (κ3) is 4.41. The minimum absolute atomic E-state index is 0.188. The van der Waals surface area contributed by atoms with Crippen LogP contribution >= 0.6 is 0 Å². The van der Waals surface area contributed by atoms with Gasteiger partial charge in [0.25, 0.3) is 0 Å². The Kier molecular flexibility index (Phi) is 5.63. The minimum Gasteiger partial charge on any atom is -0.379 e. The first-order chi connectivity index (χ1) is 7.99. The lowest BCUT2D eigenvalue weighted by atomic mass is 9.98. The van der Waals surface area contributed by atoms with Crippen LogP contribution in [0.15, 0.2) is 12.7 Å². The van der Waals surface area contributed by atoms with Crippen molar-refractivity contribution in [2.24, 2.45) is 5.92 Å². The number of rotatable bonds is 6. The Hall–Kier alpha value is -0.380. The Balaban J connectivity index is 2.56. The first-order valence-corrected chi connectivity index (χ1v) is 6.66. The molecule has 2 unspecified atom stereocenters. The van der Waals surface area contributed by atoms with Crippen molar-refractivity contribution in [3.05, 3.63) is 12.7 Å². The van der Waals surface area contributed by atoms with Crippen LogP contribution in [0, 0.1) is 5.92 Å². The second-order valence-electron chi connectivity index (χ2n) is 5.83. The summed E-state index contributed by atoms with van der Waals surface area (Å²) >= 11 is 0. The predicted molar refractivity (Wildman–Crippen MR) is 73.3 cm³/mol. The molecule has 1 rings (SSSR count). The zero-order valence-corrected chi connectivity index (χ0v) is 11.8. The molecule has 1 fully saturated rings. The summed E-state index contributed by atoms with van der Waals surface area (Å²) in [5.74, 6) is 0.592. The molecule has 0 spiro atoms. The van der Waals surface area contributed by atoms with Gasteiger partial charge in [-0.15, -0.1) is 6.58 Å². The van der Waals surface area contributed by atoms with E-state index in [1.807, 2.05) is 6.08 Å². The van der Waals surface area contributed by atoms with E-state index in [9.17, 15) is 0 Å². The second-order valence-corrected chi connectivity index (χ2v) is 5.83. The Labute approximate surface area is 106 Å². The van der Waals surface area contributed by atoms with Crippen LogP contribution in [0.4, 0.5) is 0 Å². The van der Waals surface area contributed by atoms with E-state index in [4.69, 9.17) is 4.74 Å². The van der Waals surface area contributed by atoms with Gasteiger partial charge in [-0.05, 0) is 27.3 Å². The molecule has 17 heavy (non-hydrogen) atoms. The molecule has 1 N–H and O–H groups in total. The number of ether oxygens (including phenoxy) is 1. The average molecular weight is 240 g/mol. The summed E-state index contributed by atoms with van der Waals surface area (Å²) in [7, 11) is 0. The lowest BCUT2D eigenvalue weighted by Gasteiger charge is -2.37. The number of hydrogen-bond donors (Lipinski definition) is 1. The third-order valence-electron chi connectivity index (χ3n) is 3.42. The fraction of sp³-hybridized carbons (Fsp3) is 0.857. The minimum atomic E-state index is 0.188. The predicted octanol–water partition coefficient (Wildman–Crippen LogP) is 1.90. The van der Waals surface area contributed by atoms with Gasteiger partial charge in [-0.1, -0.05) is 13.0 Å². The largest absolute Gasteiger partial charge is 0.379 e. The molecular weight excluding hydrogens is 212 g/mol. The number of nitrogens with zero attached hydrogens (tertiary/aromatic N) is 1. The van der Waals surface area contributed by atoms with Crippen molar-refractivity contribution in [1.82, 2.24) is 10.2 Å². The first-order valence-electron chi connectivity index (χ1n) is 6.66. The van der Waals surface area contributed by atoms with Gasteiger partial charge in [0.05, 0.1) is 13.2 Å². The maximum Gasteiger partial charge on any atom is 0.0623 e. The van der Waals surface area contributed by atoms with Crippen molar-refractivity contribution in [1.29, 1.82) is 0 Å². The van der Waals surface area contributed by atoms with Gasteiger partial charge in [-0.2, -0.15) is 0 Å². The van der Waals surface area contributed by atoms with Crippen LogP contribution < -0.4 is 5.32 Å². The molecule has 0 bridgehead atoms. The summed E-state index contributed by atoms with van der Waals surface area (Å²) < 4.78 is 5.60. The second kappa shape index (κ2) is 6.53. The molecule has 0 aromatic heterocycles. The summed E-state index contributed by atoms with van der Waals surface area (Å²) in [6.07, 6.45) is 1.99. The van der Waals surface area contributed by atoms with Crippen molar-refractivity contribution in [3.63, 3.8) is 0 Å². The molecule has 0 aromatic carbocycles. The molecule has 0 amide bonds. The van der Waals surface area contributed by atoms with E-state index < -0.39 is 0 Å². The highest BCUT2D eigenvalue weighted by atomic mass is 16.5. The smallest absolute Gasteiger partial charge is 0.0623 e. The van der Waals surface area contributed by atoms with E-state index in [0.29, 0.717) is 12.0 Å². The monoisotopic (exact) mass is 240 g/mol. The fourth-order valence-corrected chi connectivity index (χ4v) is 2.33. The standard InChI is InChI=1S/C14H28N2O/c1-6-8-16(14(3,4)5)9-12-10-17-11-13(12)15-7-2/h6,12-13,15H,1,7-11H2,2-5H3. The Morgan fingerprint density at radius 1 is 1.41 bits per heavy atom. The van der Waals surface area contributed by atoms with E-state index in [0.717, 1.165) is 32.8 Å². The van der Waals surface area contributed by atoms with Gasteiger partial charge in [0.1, 0.15) is 0 Å². The molecule has 3 nitrogen and oxygen atoms in total. The molecule has 100 valence electrons. The van der Waals surface area contributed by atoms with Gasteiger partial charge in [0, 0.05) is 30.6 Å². The molecule has 0 aromatic rings. The molecule has 3 heteroatoms. The number of hydrogen-bond acceptors (Lipinski definition) is 3. The van der Waals surface area contributed by atoms with Gasteiger partial charge in [-0.3, -0.25) is 4.90 Å². The van der Waals surface area contributed by atoms with Crippen LogP contribution in [-0.4, -0.2) is 49.3 Å². The van der Waals surface area contributed by atoms with Gasteiger partial charge < -0.3 is 10.1 Å². The fourth-order valence-electron chi connectivity index (χ4n) is 2.33. The topological polar surface area (TPSA) is 24.5 Å². The molecule has 0 aliphatic carbocycles. The molecule has 0 radical (unpaired) electrons. The highest BCUT2D eigenvalue weighted by Crippen LogP contribution is 2.20. The van der Waals surface area contributed by atoms with Gasteiger partial charge >= 0.3 is 0 Å². The molecular formula is C14H28N2O. The quantitative estimate of drug-likeness (QED) is 0.718. The van der Waals surface area contributed by atoms with E-state index in [1.54, 1.807) is 0 Å². The van der Waals surface area contributed by atoms with Gasteiger partial charge in [-0.25, -0.2) is 0 Å². The maximum absolute atomic E-state index is 5.60. The van der Waals surface area contributed by atoms with E-state index in [-0.39, 0.29) is 5.54 Å². The first kappa shape index (κ1) is 14.7. The normalized spacial score (nSPS) is 25.5. The lowest BCUT2D eigenvalue weighted by Crippen LogP contribution is -2.48. The van der Waals surface area contributed by atoms with E-state index in [2.05, 4.69) is 44.5 Å². The van der Waals surface area contributed by atoms with Crippen molar-refractivity contribution >= 4 is 0 Å². The van der Waals surface area contributed by atoms with Crippen LogP contribution in [0.3, 0.4) is 0 Å². The molecule has 0 saturated carbocycles. The lowest BCUT2D eigenvalue weighted by molar-refractivity contribution is 0.114. The van der Waals surface area contributed by atoms with Crippen LogP contribution in [-0.2, 0) is 4.74 Å². The van der Waals surface area contributed by atoms with Gasteiger partial charge in [0.2, 0.25) is 0 Å². The van der Waals surface area contributed by atoms with E-state index in [1.165, 1.54) is 0 Å².